The van der Waals surface area contributed by atoms with Crippen LogP contribution >= 0.6 is 0 Å². The van der Waals surface area contributed by atoms with E-state index >= 15 is 0 Å². The van der Waals surface area contributed by atoms with Crippen LogP contribution in [0.3, 0.4) is 0 Å². The quantitative estimate of drug-likeness (QED) is 0.600. The highest BCUT2D eigenvalue weighted by Gasteiger charge is 2.27. The van der Waals surface area contributed by atoms with Crippen molar-refractivity contribution >= 4 is 5.91 Å². The monoisotopic (exact) mass is 210 g/mol. The van der Waals surface area contributed by atoms with Gasteiger partial charge in [0.15, 0.2) is 0 Å². The van der Waals surface area contributed by atoms with E-state index < -0.39 is 0 Å². The third-order valence-electron chi connectivity index (χ3n) is 3.44. The first-order chi connectivity index (χ1) is 7.27. The fraction of sp³-hybridized carbons (Fsp3) is 0.909. The molecule has 0 aromatic heterocycles. The largest absolute Gasteiger partial charge is 0.340 e. The smallest absolute Gasteiger partial charge is 0.225 e. The van der Waals surface area contributed by atoms with Crippen molar-refractivity contribution in [2.24, 2.45) is 5.92 Å². The Kier molecular flexibility index (Phi) is 3.59. The Morgan fingerprint density at radius 3 is 2.33 bits per heavy atom. The van der Waals surface area contributed by atoms with E-state index in [9.17, 15) is 4.79 Å². The number of hydrogen-bond acceptors (Lipinski definition) is 2. The lowest BCUT2D eigenvalue weighted by Gasteiger charge is -2.35. The van der Waals surface area contributed by atoms with Crippen molar-refractivity contribution < 1.29 is 4.79 Å². The topological polar surface area (TPSA) is 37.7 Å². The van der Waals surface area contributed by atoms with E-state index in [1.807, 2.05) is 4.90 Å². The highest BCUT2D eigenvalue weighted by molar-refractivity contribution is 5.79. The molecule has 0 aliphatic carbocycles. The Morgan fingerprint density at radius 1 is 1.13 bits per heavy atom. The molecule has 0 aromatic carbocycles. The molecular formula is C11H20N3O. The normalized spacial score (nSPS) is 25.5. The molecular weight excluding hydrogens is 190 g/mol. The van der Waals surface area contributed by atoms with Crippen LogP contribution in [0, 0.1) is 5.92 Å². The predicted molar refractivity (Wildman–Crippen MR) is 58.7 cm³/mol. The molecule has 2 saturated heterocycles. The van der Waals surface area contributed by atoms with E-state index in [4.69, 9.17) is 0 Å². The average molecular weight is 210 g/mol. The summed E-state index contributed by atoms with van der Waals surface area (Å²) in [5, 5.41) is 4.29. The zero-order valence-electron chi connectivity index (χ0n) is 9.48. The molecule has 0 spiro atoms. The summed E-state index contributed by atoms with van der Waals surface area (Å²) >= 11 is 0. The molecule has 15 heavy (non-hydrogen) atoms. The Labute approximate surface area is 91.6 Å². The molecule has 2 fully saturated rings. The van der Waals surface area contributed by atoms with Gasteiger partial charge >= 0.3 is 0 Å². The van der Waals surface area contributed by atoms with Gasteiger partial charge in [0.2, 0.25) is 5.91 Å². The lowest BCUT2D eigenvalue weighted by atomic mass is 9.96. The molecule has 1 amide bonds. The first kappa shape index (κ1) is 10.9. The minimum absolute atomic E-state index is 0.255. The van der Waals surface area contributed by atoms with Crippen LogP contribution in [0.15, 0.2) is 0 Å². The first-order valence-electron chi connectivity index (χ1n) is 5.88. The standard InChI is InChI=1S/C11H20N3O/c1-13-6-8-14(9-7-13)11(15)10-2-4-12-5-3-10/h10H,2-9H2,1H3. The van der Waals surface area contributed by atoms with Gasteiger partial charge < -0.3 is 9.80 Å². The van der Waals surface area contributed by atoms with Gasteiger partial charge in [-0.05, 0) is 19.9 Å². The van der Waals surface area contributed by atoms with Gasteiger partial charge in [0.05, 0.1) is 0 Å². The number of rotatable bonds is 1. The van der Waals surface area contributed by atoms with Gasteiger partial charge in [-0.1, -0.05) is 0 Å². The van der Waals surface area contributed by atoms with Gasteiger partial charge in [-0.15, -0.1) is 0 Å². The second kappa shape index (κ2) is 4.94. The van der Waals surface area contributed by atoms with E-state index in [1.54, 1.807) is 0 Å². The third-order valence-corrected chi connectivity index (χ3v) is 3.44. The van der Waals surface area contributed by atoms with Gasteiger partial charge in [0.1, 0.15) is 0 Å². The highest BCUT2D eigenvalue weighted by atomic mass is 16.2. The molecule has 85 valence electrons. The minimum Gasteiger partial charge on any atom is -0.340 e. The van der Waals surface area contributed by atoms with E-state index in [1.165, 1.54) is 0 Å². The summed E-state index contributed by atoms with van der Waals surface area (Å²) in [7, 11) is 2.11. The van der Waals surface area contributed by atoms with Gasteiger partial charge in [-0.2, -0.15) is 0 Å². The summed E-state index contributed by atoms with van der Waals surface area (Å²) < 4.78 is 0. The van der Waals surface area contributed by atoms with Crippen LogP contribution in [-0.2, 0) is 4.79 Å². The molecule has 2 aliphatic heterocycles. The maximum absolute atomic E-state index is 12.1. The Morgan fingerprint density at radius 2 is 1.73 bits per heavy atom. The molecule has 2 heterocycles. The van der Waals surface area contributed by atoms with Crippen LogP contribution in [0.4, 0.5) is 0 Å². The fourth-order valence-corrected chi connectivity index (χ4v) is 2.28. The zero-order valence-corrected chi connectivity index (χ0v) is 9.48. The van der Waals surface area contributed by atoms with Crippen molar-refractivity contribution in [2.75, 3.05) is 46.3 Å². The molecule has 1 radical (unpaired) electrons. The first-order valence-corrected chi connectivity index (χ1v) is 5.88. The number of piperazine rings is 1. The van der Waals surface area contributed by atoms with Gasteiger partial charge in [-0.25, -0.2) is 5.32 Å². The van der Waals surface area contributed by atoms with Gasteiger partial charge in [0, 0.05) is 45.2 Å². The van der Waals surface area contributed by atoms with Crippen molar-refractivity contribution in [3.05, 3.63) is 0 Å². The summed E-state index contributed by atoms with van der Waals surface area (Å²) in [6.07, 6.45) is 1.93. The maximum Gasteiger partial charge on any atom is 0.225 e. The SMILES string of the molecule is CN1CCN(C(=O)C2CC[N]CC2)CC1. The average Bonchev–Trinajstić information content (AvgIpc) is 2.30. The maximum atomic E-state index is 12.1. The predicted octanol–water partition coefficient (Wildman–Crippen LogP) is -0.225. The molecule has 0 unspecified atom stereocenters. The van der Waals surface area contributed by atoms with Crippen LogP contribution < -0.4 is 5.32 Å². The molecule has 4 heteroatoms. The van der Waals surface area contributed by atoms with E-state index in [0.29, 0.717) is 5.91 Å². The van der Waals surface area contributed by atoms with Crippen LogP contribution in [0.2, 0.25) is 0 Å². The molecule has 2 aliphatic rings. The molecule has 0 saturated carbocycles. The summed E-state index contributed by atoms with van der Waals surface area (Å²) in [4.78, 5) is 16.4. The second-order valence-electron chi connectivity index (χ2n) is 4.57. The Bertz CT molecular complexity index is 218. The van der Waals surface area contributed by atoms with E-state index in [0.717, 1.165) is 52.1 Å². The van der Waals surface area contributed by atoms with Crippen molar-refractivity contribution in [3.8, 4) is 0 Å². The summed E-state index contributed by atoms with van der Waals surface area (Å²) in [6, 6.07) is 0. The number of carbonyl (C=O) groups is 1. The van der Waals surface area contributed by atoms with Crippen molar-refractivity contribution in [3.63, 3.8) is 0 Å². The fourth-order valence-electron chi connectivity index (χ4n) is 2.28. The molecule has 4 nitrogen and oxygen atoms in total. The van der Waals surface area contributed by atoms with Gasteiger partial charge in [0.25, 0.3) is 0 Å². The van der Waals surface area contributed by atoms with E-state index in [-0.39, 0.29) is 5.92 Å². The summed E-state index contributed by atoms with van der Waals surface area (Å²) in [6.45, 7) is 5.60. The minimum atomic E-state index is 0.255. The summed E-state index contributed by atoms with van der Waals surface area (Å²) in [5.74, 6) is 0.629. The van der Waals surface area contributed by atoms with Crippen LogP contribution in [0.5, 0.6) is 0 Å². The number of piperidine rings is 1. The number of likely N-dealkylation sites (N-methyl/N-ethyl adjacent to an activating group) is 1. The molecule has 0 atom stereocenters. The van der Waals surface area contributed by atoms with E-state index in [2.05, 4.69) is 17.3 Å². The second-order valence-corrected chi connectivity index (χ2v) is 4.57. The molecule has 2 rings (SSSR count). The zero-order chi connectivity index (χ0) is 10.7. The van der Waals surface area contributed by atoms with Crippen LogP contribution in [0.1, 0.15) is 12.8 Å². The van der Waals surface area contributed by atoms with Crippen LogP contribution in [-0.4, -0.2) is 62.0 Å². The lowest BCUT2D eigenvalue weighted by Crippen LogP contribution is -2.49. The van der Waals surface area contributed by atoms with Crippen molar-refractivity contribution in [1.29, 1.82) is 0 Å². The molecule has 0 aromatic rings. The number of hydrogen-bond donors (Lipinski definition) is 0. The summed E-state index contributed by atoms with van der Waals surface area (Å²) in [5.41, 5.74) is 0. The van der Waals surface area contributed by atoms with Gasteiger partial charge in [-0.3, -0.25) is 4.79 Å². The number of amides is 1. The Hall–Kier alpha value is -0.610. The lowest BCUT2D eigenvalue weighted by molar-refractivity contribution is -0.137. The number of nitrogens with zero attached hydrogens (tertiary/aromatic N) is 3. The van der Waals surface area contributed by atoms with Crippen molar-refractivity contribution in [1.82, 2.24) is 15.1 Å². The highest BCUT2D eigenvalue weighted by Crippen LogP contribution is 2.16. The molecule has 0 bridgehead atoms. The third kappa shape index (κ3) is 2.69. The Balaban J connectivity index is 1.84. The van der Waals surface area contributed by atoms with Crippen LogP contribution in [0.25, 0.3) is 0 Å². The number of carbonyl (C=O) groups excluding carboxylic acids is 1. The van der Waals surface area contributed by atoms with Crippen molar-refractivity contribution in [2.45, 2.75) is 12.8 Å². The molecule has 0 N–H and O–H groups in total.